The van der Waals surface area contributed by atoms with Crippen LogP contribution in [0.3, 0.4) is 0 Å². The highest BCUT2D eigenvalue weighted by atomic mass is 16.5. The monoisotopic (exact) mass is 363 g/mol. The number of nitrogens with one attached hydrogen (secondary N) is 1. The second-order valence-corrected chi connectivity index (χ2v) is 5.89. The number of benzene rings is 2. The summed E-state index contributed by atoms with van der Waals surface area (Å²) in [5.74, 6) is 2.40. The number of fused-ring (bicyclic) bond motifs is 1. The highest BCUT2D eigenvalue weighted by molar-refractivity contribution is 5.80. The summed E-state index contributed by atoms with van der Waals surface area (Å²) in [6.45, 7) is 0.836. The Morgan fingerprint density at radius 3 is 2.52 bits per heavy atom. The van der Waals surface area contributed by atoms with Crippen LogP contribution < -0.4 is 9.47 Å². The first-order chi connectivity index (χ1) is 13.3. The van der Waals surface area contributed by atoms with Crippen molar-refractivity contribution in [1.29, 1.82) is 0 Å². The van der Waals surface area contributed by atoms with Crippen LogP contribution in [0.15, 0.2) is 54.6 Å². The summed E-state index contributed by atoms with van der Waals surface area (Å²) in [6.07, 6.45) is 0.608. The second kappa shape index (κ2) is 7.69. The molecule has 0 saturated heterocycles. The van der Waals surface area contributed by atoms with Crippen LogP contribution in [0, 0.1) is 0 Å². The molecular formula is C19H17N5O3. The third kappa shape index (κ3) is 4.30. The van der Waals surface area contributed by atoms with Gasteiger partial charge in [-0.1, -0.05) is 6.07 Å². The van der Waals surface area contributed by atoms with Gasteiger partial charge < -0.3 is 14.6 Å². The van der Waals surface area contributed by atoms with Gasteiger partial charge in [0, 0.05) is 11.8 Å². The molecule has 8 nitrogen and oxygen atoms in total. The summed E-state index contributed by atoms with van der Waals surface area (Å²) in [5, 5.41) is 23.9. The van der Waals surface area contributed by atoms with E-state index in [4.69, 9.17) is 9.47 Å². The largest absolute Gasteiger partial charge is 0.508 e. The Balaban J connectivity index is 1.31. The van der Waals surface area contributed by atoms with Crippen LogP contribution in [0.1, 0.15) is 11.5 Å². The molecule has 4 aromatic rings. The normalized spacial score (nSPS) is 10.8. The van der Waals surface area contributed by atoms with Crippen LogP contribution in [0.2, 0.25) is 0 Å². The molecule has 2 N–H and O–H groups in total. The summed E-state index contributed by atoms with van der Waals surface area (Å²) in [5.41, 5.74) is 1.63. The number of hydrogen-bond donors (Lipinski definition) is 2. The molecule has 0 fully saturated rings. The van der Waals surface area contributed by atoms with E-state index in [9.17, 15) is 5.11 Å². The minimum atomic E-state index is 0.230. The van der Waals surface area contributed by atoms with Gasteiger partial charge in [0.2, 0.25) is 0 Å². The van der Waals surface area contributed by atoms with E-state index in [0.29, 0.717) is 25.5 Å². The zero-order valence-corrected chi connectivity index (χ0v) is 14.4. The summed E-state index contributed by atoms with van der Waals surface area (Å²) in [4.78, 5) is 4.53. The van der Waals surface area contributed by atoms with E-state index in [0.717, 1.165) is 28.1 Å². The van der Waals surface area contributed by atoms with Crippen LogP contribution in [-0.2, 0) is 13.0 Å². The maximum absolute atomic E-state index is 9.50. The molecule has 0 atom stereocenters. The van der Waals surface area contributed by atoms with Crippen molar-refractivity contribution < 1.29 is 14.6 Å². The first-order valence-electron chi connectivity index (χ1n) is 8.43. The third-order valence-corrected chi connectivity index (χ3v) is 3.94. The SMILES string of the molecule is Oc1ccc2nc(COc3ccc(OCCc4nnn[nH]4)cc3)ccc2c1. The number of aromatic nitrogens is 5. The highest BCUT2D eigenvalue weighted by Crippen LogP contribution is 2.21. The van der Waals surface area contributed by atoms with Crippen molar-refractivity contribution in [1.82, 2.24) is 25.6 Å². The fraction of sp³-hybridized carbons (Fsp3) is 0.158. The number of H-pyrrole nitrogens is 1. The van der Waals surface area contributed by atoms with E-state index >= 15 is 0 Å². The predicted molar refractivity (Wildman–Crippen MR) is 97.6 cm³/mol. The van der Waals surface area contributed by atoms with Crippen molar-refractivity contribution in [3.63, 3.8) is 0 Å². The number of hydrogen-bond acceptors (Lipinski definition) is 7. The molecule has 0 aliphatic rings. The van der Waals surface area contributed by atoms with Gasteiger partial charge in [0.1, 0.15) is 23.9 Å². The molecule has 136 valence electrons. The predicted octanol–water partition coefficient (Wildman–Crippen LogP) is 2.65. The second-order valence-electron chi connectivity index (χ2n) is 5.89. The number of phenols is 1. The lowest BCUT2D eigenvalue weighted by atomic mass is 10.2. The number of phenolic OH excluding ortho intramolecular Hbond substituents is 1. The quantitative estimate of drug-likeness (QED) is 0.520. The number of aromatic hydroxyl groups is 1. The van der Waals surface area contributed by atoms with Gasteiger partial charge in [0.25, 0.3) is 0 Å². The van der Waals surface area contributed by atoms with Crippen molar-refractivity contribution in [3.05, 3.63) is 66.1 Å². The molecule has 0 aliphatic heterocycles. The Kier molecular flexibility index (Phi) is 4.78. The van der Waals surface area contributed by atoms with Gasteiger partial charge in [0.15, 0.2) is 5.82 Å². The number of tetrazole rings is 1. The van der Waals surface area contributed by atoms with Crippen molar-refractivity contribution in [2.24, 2.45) is 0 Å². The van der Waals surface area contributed by atoms with Crippen LogP contribution >= 0.6 is 0 Å². The van der Waals surface area contributed by atoms with Gasteiger partial charge >= 0.3 is 0 Å². The first-order valence-corrected chi connectivity index (χ1v) is 8.43. The minimum Gasteiger partial charge on any atom is -0.508 e. The lowest BCUT2D eigenvalue weighted by molar-refractivity contribution is 0.298. The molecule has 0 bridgehead atoms. The van der Waals surface area contributed by atoms with E-state index in [1.54, 1.807) is 18.2 Å². The standard InChI is InChI=1S/C19H17N5O3/c25-15-3-8-18-13(11-15)1-2-14(20-18)12-27-17-6-4-16(5-7-17)26-10-9-19-21-23-24-22-19/h1-8,11,25H,9-10,12H2,(H,21,22,23,24). The summed E-state index contributed by atoms with van der Waals surface area (Å²) in [7, 11) is 0. The first kappa shape index (κ1) is 16.8. The summed E-state index contributed by atoms with van der Waals surface area (Å²) < 4.78 is 11.4. The van der Waals surface area contributed by atoms with Crippen LogP contribution in [-0.4, -0.2) is 37.3 Å². The van der Waals surface area contributed by atoms with Crippen LogP contribution in [0.25, 0.3) is 10.9 Å². The number of ether oxygens (including phenoxy) is 2. The Morgan fingerprint density at radius 1 is 0.926 bits per heavy atom. The zero-order valence-electron chi connectivity index (χ0n) is 14.4. The Bertz CT molecular complexity index is 1020. The van der Waals surface area contributed by atoms with E-state index in [-0.39, 0.29) is 5.75 Å². The Hall–Kier alpha value is -3.68. The van der Waals surface area contributed by atoms with E-state index in [2.05, 4.69) is 25.6 Å². The maximum atomic E-state index is 9.50. The molecule has 4 rings (SSSR count). The molecule has 0 amide bonds. The molecule has 0 aliphatic carbocycles. The van der Waals surface area contributed by atoms with Gasteiger partial charge in [0.05, 0.1) is 17.8 Å². The molecule has 0 spiro atoms. The molecule has 0 saturated carbocycles. The van der Waals surface area contributed by atoms with Crippen molar-refractivity contribution in [3.8, 4) is 17.2 Å². The van der Waals surface area contributed by atoms with Gasteiger partial charge in [-0.15, -0.1) is 5.10 Å². The summed E-state index contributed by atoms with van der Waals surface area (Å²) >= 11 is 0. The van der Waals surface area contributed by atoms with E-state index in [1.165, 1.54) is 0 Å². The fourth-order valence-electron chi connectivity index (χ4n) is 2.58. The van der Waals surface area contributed by atoms with Crippen molar-refractivity contribution >= 4 is 10.9 Å². The Labute approximate surface area is 154 Å². The van der Waals surface area contributed by atoms with E-state index in [1.807, 2.05) is 36.4 Å². The minimum absolute atomic E-state index is 0.230. The molecule has 2 heterocycles. The van der Waals surface area contributed by atoms with Gasteiger partial charge in [-0.2, -0.15) is 0 Å². The van der Waals surface area contributed by atoms with Crippen LogP contribution in [0.4, 0.5) is 0 Å². The highest BCUT2D eigenvalue weighted by Gasteiger charge is 2.03. The molecule has 0 unspecified atom stereocenters. The Morgan fingerprint density at radius 2 is 1.74 bits per heavy atom. The lowest BCUT2D eigenvalue weighted by Crippen LogP contribution is -2.03. The average molecular weight is 363 g/mol. The number of pyridine rings is 1. The molecule has 2 aromatic carbocycles. The summed E-state index contributed by atoms with van der Waals surface area (Å²) in [6, 6.07) is 16.3. The molecule has 8 heteroatoms. The van der Waals surface area contributed by atoms with Crippen molar-refractivity contribution in [2.45, 2.75) is 13.0 Å². The lowest BCUT2D eigenvalue weighted by Gasteiger charge is -2.09. The smallest absolute Gasteiger partial charge is 0.151 e. The molecular weight excluding hydrogens is 346 g/mol. The maximum Gasteiger partial charge on any atom is 0.151 e. The molecule has 2 aromatic heterocycles. The number of rotatable bonds is 7. The third-order valence-electron chi connectivity index (χ3n) is 3.94. The van der Waals surface area contributed by atoms with Gasteiger partial charge in [-0.05, 0) is 59.0 Å². The average Bonchev–Trinajstić information content (AvgIpc) is 3.21. The number of aromatic amines is 1. The molecule has 27 heavy (non-hydrogen) atoms. The molecule has 0 radical (unpaired) electrons. The van der Waals surface area contributed by atoms with Gasteiger partial charge in [-0.3, -0.25) is 0 Å². The van der Waals surface area contributed by atoms with Gasteiger partial charge in [-0.25, -0.2) is 10.1 Å². The fourth-order valence-corrected chi connectivity index (χ4v) is 2.58. The number of nitrogens with zero attached hydrogens (tertiary/aromatic N) is 4. The van der Waals surface area contributed by atoms with Crippen molar-refractivity contribution in [2.75, 3.05) is 6.61 Å². The zero-order chi connectivity index (χ0) is 18.5. The topological polar surface area (TPSA) is 106 Å². The van der Waals surface area contributed by atoms with Crippen LogP contribution in [0.5, 0.6) is 17.2 Å². The van der Waals surface area contributed by atoms with E-state index < -0.39 is 0 Å².